The van der Waals surface area contributed by atoms with Gasteiger partial charge in [-0.3, -0.25) is 14.9 Å². The van der Waals surface area contributed by atoms with E-state index in [0.29, 0.717) is 11.9 Å². The molecule has 3 aromatic rings. The predicted molar refractivity (Wildman–Crippen MR) is 113 cm³/mol. The van der Waals surface area contributed by atoms with E-state index in [1.165, 1.54) is 25.8 Å². The molecule has 6 heteroatoms. The fourth-order valence-electron chi connectivity index (χ4n) is 3.97. The van der Waals surface area contributed by atoms with E-state index < -0.39 is 0 Å². The van der Waals surface area contributed by atoms with Crippen LogP contribution in [-0.4, -0.2) is 49.5 Å². The standard InChI is InChI=1S/C22H28N6/c1-16-6-4-5-13-28(16)15-22(2,3)27-21-18-9-12-24-14-19(18)25-20(26-21)17-7-10-23-11-8-17/h7-12,14,16H,4-6,13,15H2,1-3H3,(H,25,26,27). The highest BCUT2D eigenvalue weighted by Crippen LogP contribution is 2.27. The van der Waals surface area contributed by atoms with E-state index in [4.69, 9.17) is 9.97 Å². The van der Waals surface area contributed by atoms with Crippen molar-refractivity contribution in [2.24, 2.45) is 0 Å². The Bertz CT molecular complexity index is 940. The van der Waals surface area contributed by atoms with E-state index in [9.17, 15) is 0 Å². The van der Waals surface area contributed by atoms with Crippen LogP contribution in [-0.2, 0) is 0 Å². The number of nitrogens with zero attached hydrogens (tertiary/aromatic N) is 5. The van der Waals surface area contributed by atoms with Crippen molar-refractivity contribution in [3.8, 4) is 11.4 Å². The molecule has 146 valence electrons. The van der Waals surface area contributed by atoms with Gasteiger partial charge in [0.25, 0.3) is 0 Å². The summed E-state index contributed by atoms with van der Waals surface area (Å²) in [5, 5.41) is 4.70. The van der Waals surface area contributed by atoms with Gasteiger partial charge in [-0.1, -0.05) is 6.42 Å². The van der Waals surface area contributed by atoms with Gasteiger partial charge in [0.2, 0.25) is 0 Å². The molecule has 0 aliphatic carbocycles. The molecule has 1 atom stereocenters. The minimum absolute atomic E-state index is 0.119. The van der Waals surface area contributed by atoms with Gasteiger partial charge < -0.3 is 5.32 Å². The molecule has 4 rings (SSSR count). The third-order valence-electron chi connectivity index (χ3n) is 5.43. The molecular weight excluding hydrogens is 348 g/mol. The number of fused-ring (bicyclic) bond motifs is 1. The van der Waals surface area contributed by atoms with Crippen molar-refractivity contribution in [3.05, 3.63) is 43.0 Å². The highest BCUT2D eigenvalue weighted by atomic mass is 15.2. The van der Waals surface area contributed by atoms with E-state index in [1.54, 1.807) is 24.8 Å². The Labute approximate surface area is 166 Å². The molecule has 0 bridgehead atoms. The van der Waals surface area contributed by atoms with Gasteiger partial charge in [-0.05, 0) is 58.4 Å². The van der Waals surface area contributed by atoms with Gasteiger partial charge in [0, 0.05) is 47.7 Å². The van der Waals surface area contributed by atoms with Crippen molar-refractivity contribution < 1.29 is 0 Å². The number of hydrogen-bond acceptors (Lipinski definition) is 6. The van der Waals surface area contributed by atoms with Crippen molar-refractivity contribution in [1.29, 1.82) is 0 Å². The summed E-state index contributed by atoms with van der Waals surface area (Å²) in [6.45, 7) is 8.98. The Kier molecular flexibility index (Phi) is 5.22. The number of piperidine rings is 1. The quantitative estimate of drug-likeness (QED) is 0.721. The highest BCUT2D eigenvalue weighted by Gasteiger charge is 2.27. The van der Waals surface area contributed by atoms with Crippen molar-refractivity contribution >= 4 is 16.7 Å². The molecule has 1 unspecified atom stereocenters. The summed E-state index contributed by atoms with van der Waals surface area (Å²) in [4.78, 5) is 20.5. The average molecular weight is 377 g/mol. The Morgan fingerprint density at radius 2 is 1.86 bits per heavy atom. The van der Waals surface area contributed by atoms with Crippen LogP contribution in [0.3, 0.4) is 0 Å². The summed E-state index contributed by atoms with van der Waals surface area (Å²) >= 11 is 0. The maximum atomic E-state index is 4.87. The zero-order valence-electron chi connectivity index (χ0n) is 16.9. The number of anilines is 1. The second-order valence-electron chi connectivity index (χ2n) is 8.35. The molecule has 28 heavy (non-hydrogen) atoms. The third-order valence-corrected chi connectivity index (χ3v) is 5.43. The van der Waals surface area contributed by atoms with Crippen molar-refractivity contribution in [2.45, 2.75) is 51.6 Å². The van der Waals surface area contributed by atoms with Crippen LogP contribution in [0.25, 0.3) is 22.3 Å². The topological polar surface area (TPSA) is 66.8 Å². The van der Waals surface area contributed by atoms with Crippen LogP contribution >= 0.6 is 0 Å². The fourth-order valence-corrected chi connectivity index (χ4v) is 3.97. The monoisotopic (exact) mass is 376 g/mol. The molecule has 0 saturated carbocycles. The number of hydrogen-bond donors (Lipinski definition) is 1. The molecule has 1 aliphatic rings. The molecule has 4 heterocycles. The van der Waals surface area contributed by atoms with Crippen LogP contribution in [0.15, 0.2) is 43.0 Å². The van der Waals surface area contributed by atoms with Gasteiger partial charge in [-0.15, -0.1) is 0 Å². The van der Waals surface area contributed by atoms with Gasteiger partial charge >= 0.3 is 0 Å². The largest absolute Gasteiger partial charge is 0.363 e. The van der Waals surface area contributed by atoms with E-state index in [-0.39, 0.29) is 5.54 Å². The van der Waals surface area contributed by atoms with Crippen LogP contribution in [0, 0.1) is 0 Å². The second-order valence-corrected chi connectivity index (χ2v) is 8.35. The molecule has 3 aromatic heterocycles. The summed E-state index contributed by atoms with van der Waals surface area (Å²) in [5.41, 5.74) is 1.67. The van der Waals surface area contributed by atoms with Gasteiger partial charge in [0.1, 0.15) is 5.82 Å². The molecule has 0 spiro atoms. The van der Waals surface area contributed by atoms with E-state index >= 15 is 0 Å². The number of pyridine rings is 2. The molecule has 1 fully saturated rings. The number of rotatable bonds is 5. The first-order valence-electron chi connectivity index (χ1n) is 10.1. The fraction of sp³-hybridized carbons (Fsp3) is 0.455. The number of likely N-dealkylation sites (tertiary alicyclic amines) is 1. The summed E-state index contributed by atoms with van der Waals surface area (Å²) < 4.78 is 0. The van der Waals surface area contributed by atoms with Gasteiger partial charge in [0.15, 0.2) is 5.82 Å². The maximum Gasteiger partial charge on any atom is 0.162 e. The minimum Gasteiger partial charge on any atom is -0.363 e. The Balaban J connectivity index is 1.67. The number of aromatic nitrogens is 4. The third kappa shape index (κ3) is 4.12. The first-order chi connectivity index (χ1) is 13.5. The predicted octanol–water partition coefficient (Wildman–Crippen LogP) is 4.15. The van der Waals surface area contributed by atoms with E-state index in [0.717, 1.165) is 28.8 Å². The minimum atomic E-state index is -0.119. The molecule has 1 N–H and O–H groups in total. The normalized spacial score (nSPS) is 18.3. The summed E-state index contributed by atoms with van der Waals surface area (Å²) in [6, 6.07) is 6.48. The lowest BCUT2D eigenvalue weighted by molar-refractivity contribution is 0.139. The highest BCUT2D eigenvalue weighted by molar-refractivity contribution is 5.90. The molecule has 1 aliphatic heterocycles. The molecule has 1 saturated heterocycles. The van der Waals surface area contributed by atoms with Gasteiger partial charge in [-0.25, -0.2) is 9.97 Å². The Morgan fingerprint density at radius 1 is 1.07 bits per heavy atom. The first kappa shape index (κ1) is 18.7. The smallest absolute Gasteiger partial charge is 0.162 e. The van der Waals surface area contributed by atoms with Gasteiger partial charge in [-0.2, -0.15) is 0 Å². The molecule has 0 aromatic carbocycles. The van der Waals surface area contributed by atoms with Crippen LogP contribution in [0.4, 0.5) is 5.82 Å². The van der Waals surface area contributed by atoms with Crippen molar-refractivity contribution in [2.75, 3.05) is 18.4 Å². The van der Waals surface area contributed by atoms with Crippen LogP contribution in [0.5, 0.6) is 0 Å². The zero-order valence-corrected chi connectivity index (χ0v) is 16.9. The van der Waals surface area contributed by atoms with Crippen LogP contribution < -0.4 is 5.32 Å². The molecule has 6 nitrogen and oxygen atoms in total. The summed E-state index contributed by atoms with van der Waals surface area (Å²) in [5.74, 6) is 1.54. The van der Waals surface area contributed by atoms with Gasteiger partial charge in [0.05, 0.1) is 11.7 Å². The lowest BCUT2D eigenvalue weighted by atomic mass is 9.98. The van der Waals surface area contributed by atoms with Crippen LogP contribution in [0.2, 0.25) is 0 Å². The first-order valence-corrected chi connectivity index (χ1v) is 10.1. The lowest BCUT2D eigenvalue weighted by Crippen LogP contribution is -2.49. The zero-order chi connectivity index (χ0) is 19.6. The average Bonchev–Trinajstić information content (AvgIpc) is 2.70. The molecule has 0 amide bonds. The molecular formula is C22H28N6. The van der Waals surface area contributed by atoms with Crippen LogP contribution in [0.1, 0.15) is 40.0 Å². The maximum absolute atomic E-state index is 4.87. The van der Waals surface area contributed by atoms with Crippen molar-refractivity contribution in [1.82, 2.24) is 24.8 Å². The summed E-state index contributed by atoms with van der Waals surface area (Å²) in [6.07, 6.45) is 11.0. The SMILES string of the molecule is CC1CCCCN1CC(C)(C)Nc1nc(-c2ccncc2)nc2cnccc12. The van der Waals surface area contributed by atoms with E-state index in [1.807, 2.05) is 18.2 Å². The Morgan fingerprint density at radius 3 is 2.64 bits per heavy atom. The van der Waals surface area contributed by atoms with E-state index in [2.05, 4.69) is 41.0 Å². The van der Waals surface area contributed by atoms with Crippen molar-refractivity contribution in [3.63, 3.8) is 0 Å². The lowest BCUT2D eigenvalue weighted by Gasteiger charge is -2.39. The Hall–Kier alpha value is -2.60. The second kappa shape index (κ2) is 7.80. The number of nitrogens with one attached hydrogen (secondary N) is 1. The molecule has 0 radical (unpaired) electrons. The summed E-state index contributed by atoms with van der Waals surface area (Å²) in [7, 11) is 0.